The van der Waals surface area contributed by atoms with Gasteiger partial charge in [-0.1, -0.05) is 37.6 Å². The fourth-order valence-corrected chi connectivity index (χ4v) is 1.96. The Morgan fingerprint density at radius 1 is 1.10 bits per heavy atom. The predicted octanol–water partition coefficient (Wildman–Crippen LogP) is 4.39. The minimum Gasteiger partial charge on any atom is -0.481 e. The molecule has 0 aliphatic carbocycles. The fraction of sp³-hybridized carbons (Fsp3) is 0.647. The summed E-state index contributed by atoms with van der Waals surface area (Å²) >= 11 is 0. The summed E-state index contributed by atoms with van der Waals surface area (Å²) < 4.78 is 0. The molecule has 0 saturated carbocycles. The number of hydrogen-bond acceptors (Lipinski definition) is 2. The number of Topliss-reactive ketones (excluding diaryl/α,β-unsaturated/α-hetero) is 1. The van der Waals surface area contributed by atoms with Crippen molar-refractivity contribution >= 4 is 11.8 Å². The second-order valence-corrected chi connectivity index (χ2v) is 5.67. The molecule has 0 aliphatic rings. The smallest absolute Gasteiger partial charge is 0.303 e. The molecule has 0 amide bonds. The summed E-state index contributed by atoms with van der Waals surface area (Å²) in [6.45, 7) is 7.72. The molecule has 3 heteroatoms. The normalized spacial score (nSPS) is 15.3. The second kappa shape index (κ2) is 10.4. The van der Waals surface area contributed by atoms with E-state index in [2.05, 4.69) is 25.2 Å². The molecule has 20 heavy (non-hydrogen) atoms. The van der Waals surface area contributed by atoms with E-state index >= 15 is 0 Å². The fourth-order valence-electron chi connectivity index (χ4n) is 1.96. The number of unbranched alkanes of at least 4 members (excludes halogenated alkanes) is 1. The van der Waals surface area contributed by atoms with Gasteiger partial charge in [0.2, 0.25) is 0 Å². The van der Waals surface area contributed by atoms with Crippen molar-refractivity contribution in [2.45, 2.75) is 59.8 Å². The van der Waals surface area contributed by atoms with Crippen LogP contribution in [0.1, 0.15) is 59.8 Å². The van der Waals surface area contributed by atoms with Crippen LogP contribution in [0.5, 0.6) is 0 Å². The first-order valence-corrected chi connectivity index (χ1v) is 7.37. The van der Waals surface area contributed by atoms with Gasteiger partial charge in [0.15, 0.2) is 0 Å². The molecule has 0 aliphatic heterocycles. The zero-order chi connectivity index (χ0) is 15.5. The number of carboxylic acid groups (broad SMARTS) is 1. The Morgan fingerprint density at radius 3 is 2.30 bits per heavy atom. The summed E-state index contributed by atoms with van der Waals surface area (Å²) in [5, 5.41) is 8.58. The van der Waals surface area contributed by atoms with Gasteiger partial charge in [-0.05, 0) is 45.4 Å². The van der Waals surface area contributed by atoms with Crippen molar-refractivity contribution < 1.29 is 14.7 Å². The van der Waals surface area contributed by atoms with Crippen LogP contribution in [0, 0.1) is 11.8 Å². The number of allylic oxidation sites excluding steroid dienone is 4. The van der Waals surface area contributed by atoms with Crippen LogP contribution in [0.4, 0.5) is 0 Å². The van der Waals surface area contributed by atoms with Gasteiger partial charge in [-0.3, -0.25) is 9.59 Å². The molecule has 0 rings (SSSR count). The molecule has 0 heterocycles. The van der Waals surface area contributed by atoms with Crippen LogP contribution < -0.4 is 0 Å². The quantitative estimate of drug-likeness (QED) is 0.477. The number of aliphatic carboxylic acids is 1. The van der Waals surface area contributed by atoms with Crippen LogP contribution in [0.3, 0.4) is 0 Å². The molecule has 0 bridgehead atoms. The van der Waals surface area contributed by atoms with Crippen molar-refractivity contribution in [2.24, 2.45) is 11.8 Å². The van der Waals surface area contributed by atoms with Crippen molar-refractivity contribution in [3.05, 3.63) is 23.8 Å². The number of ketones is 1. The van der Waals surface area contributed by atoms with E-state index in [9.17, 15) is 9.59 Å². The standard InChI is InChI=1S/C17H28O3/c1-13(10-11-17(19)20)8-6-5-7-9-14(2)12-15(3)16(4)18/h7-9,14-15H,5-6,10-12H2,1-4H3,(H,19,20). The minimum atomic E-state index is -0.744. The first-order chi connectivity index (χ1) is 9.32. The van der Waals surface area contributed by atoms with Crippen molar-refractivity contribution in [3.8, 4) is 0 Å². The van der Waals surface area contributed by atoms with Gasteiger partial charge in [0, 0.05) is 12.3 Å². The van der Waals surface area contributed by atoms with Gasteiger partial charge in [0.05, 0.1) is 0 Å². The number of carbonyl (C=O) groups is 2. The van der Waals surface area contributed by atoms with E-state index in [4.69, 9.17) is 5.11 Å². The molecule has 2 unspecified atom stereocenters. The Kier molecular flexibility index (Phi) is 9.69. The summed E-state index contributed by atoms with van der Waals surface area (Å²) in [5.41, 5.74) is 1.14. The van der Waals surface area contributed by atoms with E-state index in [1.165, 1.54) is 0 Å². The zero-order valence-corrected chi connectivity index (χ0v) is 13.2. The molecule has 114 valence electrons. The Bertz CT molecular complexity index is 366. The summed E-state index contributed by atoms with van der Waals surface area (Å²) in [7, 11) is 0. The highest BCUT2D eigenvalue weighted by Crippen LogP contribution is 2.14. The van der Waals surface area contributed by atoms with Crippen LogP contribution in [0.2, 0.25) is 0 Å². The van der Waals surface area contributed by atoms with Gasteiger partial charge in [-0.25, -0.2) is 0 Å². The summed E-state index contributed by atoms with van der Waals surface area (Å²) in [5.74, 6) is 0.0621. The summed E-state index contributed by atoms with van der Waals surface area (Å²) in [6.07, 6.45) is 10.1. The lowest BCUT2D eigenvalue weighted by atomic mass is 9.94. The van der Waals surface area contributed by atoms with E-state index in [0.717, 1.165) is 24.8 Å². The first kappa shape index (κ1) is 18.6. The maximum atomic E-state index is 11.2. The van der Waals surface area contributed by atoms with Crippen LogP contribution in [-0.4, -0.2) is 16.9 Å². The summed E-state index contributed by atoms with van der Waals surface area (Å²) in [6, 6.07) is 0. The lowest BCUT2D eigenvalue weighted by Gasteiger charge is -2.10. The predicted molar refractivity (Wildman–Crippen MR) is 82.6 cm³/mol. The maximum Gasteiger partial charge on any atom is 0.303 e. The van der Waals surface area contributed by atoms with E-state index < -0.39 is 5.97 Å². The Hall–Kier alpha value is -1.38. The third-order valence-corrected chi connectivity index (χ3v) is 3.44. The molecule has 0 fully saturated rings. The third-order valence-electron chi connectivity index (χ3n) is 3.44. The van der Waals surface area contributed by atoms with Gasteiger partial charge < -0.3 is 5.11 Å². The van der Waals surface area contributed by atoms with Gasteiger partial charge >= 0.3 is 5.97 Å². The van der Waals surface area contributed by atoms with Crippen LogP contribution in [0.15, 0.2) is 23.8 Å². The SMILES string of the molecule is CC(=O)C(C)CC(C)C=CCCC=C(C)CCC(=O)O. The molecule has 3 nitrogen and oxygen atoms in total. The molecule has 0 spiro atoms. The van der Waals surface area contributed by atoms with Gasteiger partial charge in [0.25, 0.3) is 0 Å². The van der Waals surface area contributed by atoms with Gasteiger partial charge in [-0.2, -0.15) is 0 Å². The van der Waals surface area contributed by atoms with Crippen molar-refractivity contribution in [1.29, 1.82) is 0 Å². The molecular formula is C17H28O3. The van der Waals surface area contributed by atoms with Crippen molar-refractivity contribution in [1.82, 2.24) is 0 Å². The van der Waals surface area contributed by atoms with E-state index in [1.54, 1.807) is 6.92 Å². The van der Waals surface area contributed by atoms with Gasteiger partial charge in [-0.15, -0.1) is 0 Å². The van der Waals surface area contributed by atoms with Crippen LogP contribution >= 0.6 is 0 Å². The molecule has 0 aromatic carbocycles. The third kappa shape index (κ3) is 10.5. The topological polar surface area (TPSA) is 54.4 Å². The number of carboxylic acids is 1. The van der Waals surface area contributed by atoms with E-state index in [1.807, 2.05) is 13.8 Å². The molecule has 2 atom stereocenters. The largest absolute Gasteiger partial charge is 0.481 e. The van der Waals surface area contributed by atoms with Crippen molar-refractivity contribution in [3.63, 3.8) is 0 Å². The summed E-state index contributed by atoms with van der Waals surface area (Å²) in [4.78, 5) is 21.6. The Morgan fingerprint density at radius 2 is 1.75 bits per heavy atom. The molecular weight excluding hydrogens is 252 g/mol. The highest BCUT2D eigenvalue weighted by atomic mass is 16.4. The average Bonchev–Trinajstić information content (AvgIpc) is 2.35. The number of rotatable bonds is 10. The lowest BCUT2D eigenvalue weighted by Crippen LogP contribution is -2.09. The Labute approximate surface area is 122 Å². The maximum absolute atomic E-state index is 11.2. The zero-order valence-electron chi connectivity index (χ0n) is 13.2. The molecule has 1 N–H and O–H groups in total. The van der Waals surface area contributed by atoms with Crippen LogP contribution in [0.25, 0.3) is 0 Å². The molecule has 0 aromatic rings. The number of carbonyl (C=O) groups excluding carboxylic acids is 1. The minimum absolute atomic E-state index is 0.132. The average molecular weight is 280 g/mol. The van der Waals surface area contributed by atoms with E-state index in [-0.39, 0.29) is 18.1 Å². The second-order valence-electron chi connectivity index (χ2n) is 5.67. The molecule has 0 aromatic heterocycles. The first-order valence-electron chi connectivity index (χ1n) is 7.37. The Balaban J connectivity index is 3.87. The van der Waals surface area contributed by atoms with Crippen LogP contribution in [-0.2, 0) is 9.59 Å². The molecule has 0 radical (unpaired) electrons. The molecule has 0 saturated heterocycles. The van der Waals surface area contributed by atoms with Gasteiger partial charge in [0.1, 0.15) is 5.78 Å². The highest BCUT2D eigenvalue weighted by molar-refractivity contribution is 5.77. The number of hydrogen-bond donors (Lipinski definition) is 1. The van der Waals surface area contributed by atoms with E-state index in [0.29, 0.717) is 12.3 Å². The highest BCUT2D eigenvalue weighted by Gasteiger charge is 2.10. The van der Waals surface area contributed by atoms with Crippen molar-refractivity contribution in [2.75, 3.05) is 0 Å². The monoisotopic (exact) mass is 280 g/mol. The lowest BCUT2D eigenvalue weighted by molar-refractivity contribution is -0.137.